The second-order valence-corrected chi connectivity index (χ2v) is 5.32. The summed E-state index contributed by atoms with van der Waals surface area (Å²) in [7, 11) is 0. The first-order valence-corrected chi connectivity index (χ1v) is 6.74. The lowest BCUT2D eigenvalue weighted by atomic mass is 10.1. The summed E-state index contributed by atoms with van der Waals surface area (Å²) in [6.45, 7) is 5.69. The van der Waals surface area contributed by atoms with Gasteiger partial charge in [0.1, 0.15) is 5.82 Å². The molecule has 0 radical (unpaired) electrons. The van der Waals surface area contributed by atoms with Crippen LogP contribution in [0.5, 0.6) is 0 Å². The predicted octanol–water partition coefficient (Wildman–Crippen LogP) is 3.96. The van der Waals surface area contributed by atoms with Crippen molar-refractivity contribution < 1.29 is 0 Å². The Morgan fingerprint density at radius 2 is 2.12 bits per heavy atom. The maximum atomic E-state index is 4.83. The van der Waals surface area contributed by atoms with Crippen LogP contribution in [0.3, 0.4) is 0 Å². The Morgan fingerprint density at radius 1 is 1.35 bits per heavy atom. The molecule has 0 saturated heterocycles. The van der Waals surface area contributed by atoms with E-state index in [0.29, 0.717) is 5.92 Å². The minimum atomic E-state index is 0.557. The van der Waals surface area contributed by atoms with E-state index in [1.807, 2.05) is 0 Å². The highest BCUT2D eigenvalue weighted by molar-refractivity contribution is 5.76. The molecule has 1 aliphatic rings. The van der Waals surface area contributed by atoms with Gasteiger partial charge < -0.3 is 4.57 Å². The summed E-state index contributed by atoms with van der Waals surface area (Å²) < 4.78 is 2.46. The standard InChI is InChI=1S/C15H20N2/c1-3-11(2)15-16-13-6-4-5-7-14(13)17(15)10-12-8-9-12/h4-7,11-12H,3,8-10H2,1-2H3. The van der Waals surface area contributed by atoms with Gasteiger partial charge in [-0.25, -0.2) is 4.98 Å². The van der Waals surface area contributed by atoms with Crippen molar-refractivity contribution >= 4 is 11.0 Å². The summed E-state index contributed by atoms with van der Waals surface area (Å²) in [5, 5.41) is 0. The highest BCUT2D eigenvalue weighted by Crippen LogP contribution is 2.34. The number of hydrogen-bond donors (Lipinski definition) is 0. The molecule has 1 atom stereocenters. The Balaban J connectivity index is 2.10. The van der Waals surface area contributed by atoms with E-state index in [1.165, 1.54) is 30.7 Å². The second-order valence-electron chi connectivity index (χ2n) is 5.32. The lowest BCUT2D eigenvalue weighted by molar-refractivity contribution is 0.566. The van der Waals surface area contributed by atoms with Crippen LogP contribution in [0.1, 0.15) is 44.9 Å². The minimum Gasteiger partial charge on any atom is -0.327 e. The molecule has 1 saturated carbocycles. The molecule has 0 bridgehead atoms. The summed E-state index contributed by atoms with van der Waals surface area (Å²) in [6, 6.07) is 8.53. The molecule has 2 heteroatoms. The Labute approximate surface area is 103 Å². The third-order valence-corrected chi connectivity index (χ3v) is 3.87. The van der Waals surface area contributed by atoms with Crippen LogP contribution in [0.15, 0.2) is 24.3 Å². The zero-order valence-electron chi connectivity index (χ0n) is 10.7. The van der Waals surface area contributed by atoms with Crippen LogP contribution in [0, 0.1) is 5.92 Å². The highest BCUT2D eigenvalue weighted by atomic mass is 15.1. The van der Waals surface area contributed by atoms with Crippen LogP contribution < -0.4 is 0 Å². The summed E-state index contributed by atoms with van der Waals surface area (Å²) in [4.78, 5) is 4.83. The molecule has 1 heterocycles. The van der Waals surface area contributed by atoms with Gasteiger partial charge in [-0.05, 0) is 37.3 Å². The quantitative estimate of drug-likeness (QED) is 0.774. The fraction of sp³-hybridized carbons (Fsp3) is 0.533. The van der Waals surface area contributed by atoms with Crippen LogP contribution in [0.2, 0.25) is 0 Å². The maximum Gasteiger partial charge on any atom is 0.112 e. The van der Waals surface area contributed by atoms with Crippen LogP contribution in [0.4, 0.5) is 0 Å². The molecular weight excluding hydrogens is 208 g/mol. The molecule has 1 aromatic carbocycles. The maximum absolute atomic E-state index is 4.83. The van der Waals surface area contributed by atoms with Crippen LogP contribution in [-0.2, 0) is 6.54 Å². The zero-order valence-corrected chi connectivity index (χ0v) is 10.7. The van der Waals surface area contributed by atoms with E-state index in [1.54, 1.807) is 0 Å². The molecule has 0 spiro atoms. The van der Waals surface area contributed by atoms with Crippen molar-refractivity contribution in [1.82, 2.24) is 9.55 Å². The van der Waals surface area contributed by atoms with Gasteiger partial charge in [0.2, 0.25) is 0 Å². The van der Waals surface area contributed by atoms with Gasteiger partial charge in [-0.2, -0.15) is 0 Å². The molecule has 0 N–H and O–H groups in total. The fourth-order valence-corrected chi connectivity index (χ4v) is 2.40. The third-order valence-electron chi connectivity index (χ3n) is 3.87. The van der Waals surface area contributed by atoms with Crippen molar-refractivity contribution in [3.63, 3.8) is 0 Å². The molecule has 90 valence electrons. The van der Waals surface area contributed by atoms with E-state index in [4.69, 9.17) is 4.98 Å². The molecule has 1 fully saturated rings. The summed E-state index contributed by atoms with van der Waals surface area (Å²) in [5.41, 5.74) is 2.47. The zero-order chi connectivity index (χ0) is 11.8. The van der Waals surface area contributed by atoms with Crippen molar-refractivity contribution in [1.29, 1.82) is 0 Å². The average molecular weight is 228 g/mol. The Morgan fingerprint density at radius 3 is 2.82 bits per heavy atom. The topological polar surface area (TPSA) is 17.8 Å². The monoisotopic (exact) mass is 228 g/mol. The van der Waals surface area contributed by atoms with Crippen molar-refractivity contribution in [2.45, 2.75) is 45.6 Å². The number of rotatable bonds is 4. The van der Waals surface area contributed by atoms with Crippen LogP contribution in [-0.4, -0.2) is 9.55 Å². The molecule has 1 unspecified atom stereocenters. The Hall–Kier alpha value is -1.31. The second kappa shape index (κ2) is 4.17. The molecule has 1 aliphatic carbocycles. The number of nitrogens with zero attached hydrogens (tertiary/aromatic N) is 2. The normalized spacial score (nSPS) is 17.5. The number of benzene rings is 1. The molecule has 3 rings (SSSR count). The van der Waals surface area contributed by atoms with Gasteiger partial charge in [0.25, 0.3) is 0 Å². The van der Waals surface area contributed by atoms with E-state index in [9.17, 15) is 0 Å². The number of hydrogen-bond acceptors (Lipinski definition) is 1. The van der Waals surface area contributed by atoms with E-state index < -0.39 is 0 Å². The van der Waals surface area contributed by atoms with Gasteiger partial charge in [0.05, 0.1) is 11.0 Å². The lowest BCUT2D eigenvalue weighted by Gasteiger charge is -2.12. The van der Waals surface area contributed by atoms with Crippen molar-refractivity contribution in [3.8, 4) is 0 Å². The van der Waals surface area contributed by atoms with E-state index in [0.717, 1.165) is 17.9 Å². The van der Waals surface area contributed by atoms with Gasteiger partial charge in [0, 0.05) is 12.5 Å². The van der Waals surface area contributed by atoms with Crippen molar-refractivity contribution in [2.24, 2.45) is 5.92 Å². The number of aromatic nitrogens is 2. The third kappa shape index (κ3) is 1.97. The average Bonchev–Trinajstić information content (AvgIpc) is 3.10. The summed E-state index contributed by atoms with van der Waals surface area (Å²) in [6.07, 6.45) is 3.95. The van der Waals surface area contributed by atoms with Gasteiger partial charge >= 0.3 is 0 Å². The smallest absolute Gasteiger partial charge is 0.112 e. The molecule has 0 amide bonds. The number of para-hydroxylation sites is 2. The molecule has 0 aliphatic heterocycles. The van der Waals surface area contributed by atoms with E-state index in [2.05, 4.69) is 42.7 Å². The first kappa shape index (κ1) is 10.8. The van der Waals surface area contributed by atoms with Crippen molar-refractivity contribution in [2.75, 3.05) is 0 Å². The highest BCUT2D eigenvalue weighted by Gasteiger charge is 2.25. The molecular formula is C15H20N2. The van der Waals surface area contributed by atoms with Gasteiger partial charge in [-0.3, -0.25) is 0 Å². The molecule has 17 heavy (non-hydrogen) atoms. The lowest BCUT2D eigenvalue weighted by Crippen LogP contribution is -2.08. The minimum absolute atomic E-state index is 0.557. The van der Waals surface area contributed by atoms with E-state index in [-0.39, 0.29) is 0 Å². The first-order valence-electron chi connectivity index (χ1n) is 6.74. The van der Waals surface area contributed by atoms with Gasteiger partial charge in [-0.15, -0.1) is 0 Å². The first-order chi connectivity index (χ1) is 8.29. The largest absolute Gasteiger partial charge is 0.327 e. The fourth-order valence-electron chi connectivity index (χ4n) is 2.40. The predicted molar refractivity (Wildman–Crippen MR) is 71.2 cm³/mol. The Bertz CT molecular complexity index is 523. The number of fused-ring (bicyclic) bond motifs is 1. The van der Waals surface area contributed by atoms with Gasteiger partial charge in [-0.1, -0.05) is 26.0 Å². The SMILES string of the molecule is CCC(C)c1nc2ccccc2n1CC1CC1. The van der Waals surface area contributed by atoms with Crippen LogP contribution >= 0.6 is 0 Å². The number of imidazole rings is 1. The molecule has 1 aromatic heterocycles. The van der Waals surface area contributed by atoms with Crippen LogP contribution in [0.25, 0.3) is 11.0 Å². The summed E-state index contributed by atoms with van der Waals surface area (Å²) in [5.74, 6) is 2.73. The van der Waals surface area contributed by atoms with Crippen molar-refractivity contribution in [3.05, 3.63) is 30.1 Å². The Kier molecular flexibility index (Phi) is 2.65. The molecule has 2 nitrogen and oxygen atoms in total. The summed E-state index contributed by atoms with van der Waals surface area (Å²) >= 11 is 0. The molecule has 2 aromatic rings. The van der Waals surface area contributed by atoms with E-state index >= 15 is 0 Å². The van der Waals surface area contributed by atoms with Gasteiger partial charge in [0.15, 0.2) is 0 Å².